The molecule has 0 fully saturated rings. The lowest BCUT2D eigenvalue weighted by molar-refractivity contribution is 0.0996. The number of H-pyrrole nitrogens is 1. The van der Waals surface area contributed by atoms with Crippen LogP contribution in [0.3, 0.4) is 0 Å². The van der Waals surface area contributed by atoms with Crippen molar-refractivity contribution < 1.29 is 23.5 Å². The average molecular weight is 514 g/mol. The summed E-state index contributed by atoms with van der Waals surface area (Å²) in [6, 6.07) is 11.7. The van der Waals surface area contributed by atoms with Gasteiger partial charge in [-0.1, -0.05) is 11.1 Å². The number of likely N-dealkylation sites (N-methyl/N-ethyl adjacent to an activating group) is 1. The van der Waals surface area contributed by atoms with Gasteiger partial charge in [0.2, 0.25) is 6.10 Å². The Morgan fingerprint density at radius 2 is 1.79 bits per heavy atom. The highest BCUT2D eigenvalue weighted by atomic mass is 16.6. The molecule has 1 atom stereocenters. The Morgan fingerprint density at radius 3 is 2.45 bits per heavy atom. The van der Waals surface area contributed by atoms with Gasteiger partial charge in [0.15, 0.2) is 11.5 Å². The van der Waals surface area contributed by atoms with Gasteiger partial charge in [0.1, 0.15) is 18.1 Å². The lowest BCUT2D eigenvalue weighted by Crippen LogP contribution is -2.19. The normalized spacial score (nSPS) is 13.8. The van der Waals surface area contributed by atoms with Crippen molar-refractivity contribution >= 4 is 16.6 Å². The van der Waals surface area contributed by atoms with E-state index in [2.05, 4.69) is 21.0 Å². The maximum atomic E-state index is 6.03. The first kappa shape index (κ1) is 25.3. The predicted molar refractivity (Wildman–Crippen MR) is 147 cm³/mol. The number of hydrogen-bond acceptors (Lipinski definition) is 7. The minimum Gasteiger partial charge on any atom is -0.492 e. The van der Waals surface area contributed by atoms with Gasteiger partial charge in [-0.2, -0.15) is 0 Å². The van der Waals surface area contributed by atoms with Crippen LogP contribution in [0.15, 0.2) is 58.5 Å². The third-order valence-corrected chi connectivity index (χ3v) is 6.27. The van der Waals surface area contributed by atoms with Crippen LogP contribution in [0.1, 0.15) is 36.6 Å². The number of rotatable bonds is 11. The number of ether oxygens (including phenoxy) is 3. The summed E-state index contributed by atoms with van der Waals surface area (Å²) in [6.45, 7) is 6.31. The highest BCUT2D eigenvalue weighted by Crippen LogP contribution is 2.46. The van der Waals surface area contributed by atoms with Gasteiger partial charge in [0.05, 0.1) is 31.4 Å². The third-order valence-electron chi connectivity index (χ3n) is 6.27. The molecule has 1 unspecified atom stereocenters. The number of nitrogens with zero attached hydrogens (tertiary/aromatic N) is 2. The highest BCUT2D eigenvalue weighted by molar-refractivity contribution is 6.30. The largest absolute Gasteiger partial charge is 0.492 e. The molecule has 5 rings (SSSR count). The number of benzene rings is 2. The van der Waals surface area contributed by atoms with Crippen LogP contribution >= 0.6 is 0 Å². The Kier molecular flexibility index (Phi) is 7.29. The first-order chi connectivity index (χ1) is 18.5. The minimum atomic E-state index is -0.696. The fourth-order valence-corrected chi connectivity index (χ4v) is 4.50. The summed E-state index contributed by atoms with van der Waals surface area (Å²) in [5.74, 6) is 4.74. The molecule has 2 heterocycles. The van der Waals surface area contributed by atoms with E-state index in [1.807, 2.05) is 58.3 Å². The molecule has 4 aromatic rings. The second kappa shape index (κ2) is 11.0. The van der Waals surface area contributed by atoms with Crippen LogP contribution in [-0.2, 0) is 4.84 Å². The lowest BCUT2D eigenvalue weighted by Gasteiger charge is -2.14. The summed E-state index contributed by atoms with van der Waals surface area (Å²) in [5.41, 5.74) is 5.97. The quantitative estimate of drug-likeness (QED) is 0.182. The van der Waals surface area contributed by atoms with Crippen molar-refractivity contribution in [1.82, 2.24) is 9.88 Å². The van der Waals surface area contributed by atoms with Gasteiger partial charge in [0, 0.05) is 39.7 Å². The van der Waals surface area contributed by atoms with Crippen LogP contribution in [0, 0.1) is 12.3 Å². The van der Waals surface area contributed by atoms with Crippen molar-refractivity contribution in [3.8, 4) is 40.8 Å². The molecule has 8 heteroatoms. The van der Waals surface area contributed by atoms with Crippen molar-refractivity contribution in [3.05, 3.63) is 65.6 Å². The second-order valence-electron chi connectivity index (χ2n) is 9.09. The van der Waals surface area contributed by atoms with Gasteiger partial charge in [-0.25, -0.2) is 0 Å². The summed E-state index contributed by atoms with van der Waals surface area (Å²) in [4.78, 5) is 11.6. The molecule has 1 aliphatic rings. The van der Waals surface area contributed by atoms with Crippen LogP contribution in [0.4, 0.5) is 0 Å². The number of oxime groups is 1. The van der Waals surface area contributed by atoms with Gasteiger partial charge >= 0.3 is 0 Å². The molecule has 2 aromatic heterocycles. The molecule has 0 aliphatic heterocycles. The summed E-state index contributed by atoms with van der Waals surface area (Å²) in [6.07, 6.45) is 8.18. The molecule has 0 radical (unpaired) electrons. The zero-order valence-electron chi connectivity index (χ0n) is 22.0. The molecule has 1 aliphatic carbocycles. The van der Waals surface area contributed by atoms with Gasteiger partial charge in [-0.15, -0.1) is 6.42 Å². The van der Waals surface area contributed by atoms with Crippen LogP contribution in [0.2, 0.25) is 0 Å². The molecule has 1 N–H and O–H groups in total. The smallest absolute Gasteiger partial charge is 0.215 e. The minimum absolute atomic E-state index is 0.503. The van der Waals surface area contributed by atoms with Crippen molar-refractivity contribution in [1.29, 1.82) is 0 Å². The van der Waals surface area contributed by atoms with Crippen molar-refractivity contribution in [2.45, 2.75) is 20.0 Å². The lowest BCUT2D eigenvalue weighted by atomic mass is 10.1. The molecule has 0 bridgehead atoms. The molecule has 0 saturated carbocycles. The van der Waals surface area contributed by atoms with E-state index in [-0.39, 0.29) is 0 Å². The Morgan fingerprint density at radius 1 is 1.03 bits per heavy atom. The van der Waals surface area contributed by atoms with Crippen molar-refractivity contribution in [2.24, 2.45) is 5.16 Å². The number of fused-ring (bicyclic) bond motifs is 5. The number of terminal acetylenes is 1. The Bertz CT molecular complexity index is 1490. The first-order valence-corrected chi connectivity index (χ1v) is 12.6. The Hall–Kier alpha value is -4.35. The second-order valence-corrected chi connectivity index (χ2v) is 9.09. The molecule has 0 spiro atoms. The van der Waals surface area contributed by atoms with Crippen molar-refractivity contribution in [2.75, 3.05) is 40.5 Å². The summed E-state index contributed by atoms with van der Waals surface area (Å²) in [5, 5.41) is 5.59. The van der Waals surface area contributed by atoms with Gasteiger partial charge in [-0.3, -0.25) is 0 Å². The van der Waals surface area contributed by atoms with Gasteiger partial charge in [0.25, 0.3) is 0 Å². The maximum absolute atomic E-state index is 6.03. The fourth-order valence-electron chi connectivity index (χ4n) is 4.50. The van der Waals surface area contributed by atoms with E-state index in [0.29, 0.717) is 42.6 Å². The standard InChI is InChI=1S/C30H31N3O5/c1-6-25(19-11-13-34-18-19)38-32-30-22-17-27(36-8-3)26(35-7-2)16-21(22)29-28(30)23-15-20(9-10-24(23)31-29)37-14-12-33(4)5/h1,9-11,13,15-18,25,31H,7-8,12,14H2,2-5H3/b32-30-. The number of aromatic nitrogens is 1. The van der Waals surface area contributed by atoms with E-state index in [0.717, 1.165) is 45.6 Å². The predicted octanol–water partition coefficient (Wildman–Crippen LogP) is 5.62. The van der Waals surface area contributed by atoms with E-state index in [4.69, 9.17) is 29.9 Å². The maximum Gasteiger partial charge on any atom is 0.215 e. The molecule has 8 nitrogen and oxygen atoms in total. The van der Waals surface area contributed by atoms with E-state index in [9.17, 15) is 0 Å². The van der Waals surface area contributed by atoms with Crippen LogP contribution < -0.4 is 14.2 Å². The van der Waals surface area contributed by atoms with Gasteiger partial charge in [-0.05, 0) is 64.3 Å². The zero-order valence-corrected chi connectivity index (χ0v) is 22.0. The molecule has 0 amide bonds. The Labute approximate surface area is 222 Å². The number of nitrogens with one attached hydrogen (secondary N) is 1. The summed E-state index contributed by atoms with van der Waals surface area (Å²) < 4.78 is 23.0. The number of furan rings is 1. The molecule has 2 aromatic carbocycles. The Balaban J connectivity index is 1.63. The van der Waals surface area contributed by atoms with E-state index >= 15 is 0 Å². The number of hydrogen-bond donors (Lipinski definition) is 1. The van der Waals surface area contributed by atoms with Gasteiger partial charge < -0.3 is 33.3 Å². The SMILES string of the molecule is C#CC(O/N=C1/c2cc(OCC)c(OCC)cc2-c2[nH]c3ccc(OCCN(C)C)cc3c21)c1ccoc1. The fraction of sp³-hybridized carbons (Fsp3) is 0.300. The van der Waals surface area contributed by atoms with E-state index in [1.165, 1.54) is 0 Å². The van der Waals surface area contributed by atoms with E-state index < -0.39 is 6.10 Å². The molecule has 38 heavy (non-hydrogen) atoms. The first-order valence-electron chi connectivity index (χ1n) is 12.6. The molecular formula is C30H31N3O5. The summed E-state index contributed by atoms with van der Waals surface area (Å²) >= 11 is 0. The zero-order chi connectivity index (χ0) is 26.6. The van der Waals surface area contributed by atoms with Crippen LogP contribution in [0.25, 0.3) is 22.2 Å². The van der Waals surface area contributed by atoms with Crippen LogP contribution in [0.5, 0.6) is 17.2 Å². The molecular weight excluding hydrogens is 482 g/mol. The molecule has 0 saturated heterocycles. The van der Waals surface area contributed by atoms with Crippen LogP contribution in [-0.4, -0.2) is 56.1 Å². The summed E-state index contributed by atoms with van der Waals surface area (Å²) in [7, 11) is 4.04. The van der Waals surface area contributed by atoms with Crippen molar-refractivity contribution in [3.63, 3.8) is 0 Å². The molecule has 196 valence electrons. The topological polar surface area (TPSA) is 81.4 Å². The third kappa shape index (κ3) is 4.81. The van der Waals surface area contributed by atoms with E-state index in [1.54, 1.807) is 18.6 Å². The average Bonchev–Trinajstić information content (AvgIpc) is 3.62. The highest BCUT2D eigenvalue weighted by Gasteiger charge is 2.32. The number of aromatic amines is 1. The monoisotopic (exact) mass is 513 g/mol.